The number of hydrogen-bond acceptors (Lipinski definition) is 5. The SMILES string of the molecule is Cc1ccc(CN(Cc2nnc(N3CCCCC3)o2)C(C)C)cc1. The van der Waals surface area contributed by atoms with Crippen molar-refractivity contribution in [3.8, 4) is 0 Å². The molecule has 0 N–H and O–H groups in total. The minimum atomic E-state index is 0.414. The molecule has 0 radical (unpaired) electrons. The molecule has 1 aromatic heterocycles. The average Bonchev–Trinajstić information content (AvgIpc) is 3.05. The molecule has 0 spiro atoms. The first-order chi connectivity index (χ1) is 11.6. The van der Waals surface area contributed by atoms with Crippen LogP contribution in [-0.4, -0.2) is 34.2 Å². The molecule has 0 saturated carbocycles. The molecule has 0 unspecified atom stereocenters. The molecule has 24 heavy (non-hydrogen) atoms. The standard InChI is InChI=1S/C19H28N4O/c1-15(2)23(13-17-9-7-16(3)8-10-17)14-18-20-21-19(24-18)22-11-5-4-6-12-22/h7-10,15H,4-6,11-14H2,1-3H3. The minimum Gasteiger partial charge on any atom is -0.407 e. The van der Waals surface area contributed by atoms with Crippen molar-refractivity contribution in [3.63, 3.8) is 0 Å². The molecule has 1 saturated heterocycles. The first-order valence-electron chi connectivity index (χ1n) is 8.99. The van der Waals surface area contributed by atoms with Crippen LogP contribution in [0.15, 0.2) is 28.7 Å². The van der Waals surface area contributed by atoms with Crippen LogP contribution in [0.3, 0.4) is 0 Å². The monoisotopic (exact) mass is 328 g/mol. The highest BCUT2D eigenvalue weighted by molar-refractivity contribution is 5.24. The third-order valence-electron chi connectivity index (χ3n) is 4.66. The lowest BCUT2D eigenvalue weighted by atomic mass is 10.1. The largest absolute Gasteiger partial charge is 0.407 e. The van der Waals surface area contributed by atoms with Gasteiger partial charge in [0.05, 0.1) is 6.54 Å². The maximum Gasteiger partial charge on any atom is 0.318 e. The summed E-state index contributed by atoms with van der Waals surface area (Å²) in [6, 6.07) is 9.81. The highest BCUT2D eigenvalue weighted by atomic mass is 16.4. The summed E-state index contributed by atoms with van der Waals surface area (Å²) in [5.41, 5.74) is 2.60. The van der Waals surface area contributed by atoms with Gasteiger partial charge in [-0.2, -0.15) is 0 Å². The van der Waals surface area contributed by atoms with E-state index in [1.54, 1.807) is 0 Å². The zero-order valence-electron chi connectivity index (χ0n) is 15.0. The van der Waals surface area contributed by atoms with Gasteiger partial charge in [-0.15, -0.1) is 5.10 Å². The second-order valence-electron chi connectivity index (χ2n) is 7.01. The molecule has 2 aromatic rings. The van der Waals surface area contributed by atoms with Crippen LogP contribution in [0, 0.1) is 6.92 Å². The van der Waals surface area contributed by atoms with Crippen molar-refractivity contribution in [2.75, 3.05) is 18.0 Å². The van der Waals surface area contributed by atoms with Crippen molar-refractivity contribution in [1.82, 2.24) is 15.1 Å². The molecular formula is C19H28N4O. The molecule has 1 aliphatic rings. The van der Waals surface area contributed by atoms with E-state index in [0.717, 1.165) is 19.6 Å². The summed E-state index contributed by atoms with van der Waals surface area (Å²) in [5, 5.41) is 8.52. The normalized spacial score (nSPS) is 15.5. The van der Waals surface area contributed by atoms with Crippen molar-refractivity contribution in [2.45, 2.75) is 59.2 Å². The fraction of sp³-hybridized carbons (Fsp3) is 0.579. The number of aromatic nitrogens is 2. The second kappa shape index (κ2) is 7.79. The number of rotatable bonds is 6. The van der Waals surface area contributed by atoms with Gasteiger partial charge in [0.15, 0.2) is 0 Å². The third kappa shape index (κ3) is 4.35. The Balaban J connectivity index is 1.65. The molecule has 0 atom stereocenters. The predicted molar refractivity (Wildman–Crippen MR) is 95.9 cm³/mol. The Bertz CT molecular complexity index is 629. The number of anilines is 1. The Hall–Kier alpha value is -1.88. The van der Waals surface area contributed by atoms with Crippen molar-refractivity contribution in [3.05, 3.63) is 41.3 Å². The lowest BCUT2D eigenvalue weighted by molar-refractivity contribution is 0.184. The molecule has 5 heteroatoms. The molecule has 0 bridgehead atoms. The molecule has 1 aromatic carbocycles. The van der Waals surface area contributed by atoms with Crippen LogP contribution < -0.4 is 4.90 Å². The molecule has 0 amide bonds. The summed E-state index contributed by atoms with van der Waals surface area (Å²) in [7, 11) is 0. The average molecular weight is 328 g/mol. The molecule has 130 valence electrons. The lowest BCUT2D eigenvalue weighted by Crippen LogP contribution is -2.30. The Morgan fingerprint density at radius 1 is 1.04 bits per heavy atom. The van der Waals surface area contributed by atoms with Crippen LogP contribution in [0.1, 0.15) is 50.1 Å². The Morgan fingerprint density at radius 2 is 1.75 bits per heavy atom. The number of piperidine rings is 1. The molecule has 1 fully saturated rings. The van der Waals surface area contributed by atoms with E-state index in [4.69, 9.17) is 4.42 Å². The van der Waals surface area contributed by atoms with Crippen LogP contribution in [-0.2, 0) is 13.1 Å². The van der Waals surface area contributed by atoms with Crippen molar-refractivity contribution in [2.24, 2.45) is 0 Å². The van der Waals surface area contributed by atoms with Crippen molar-refractivity contribution < 1.29 is 4.42 Å². The molecule has 3 rings (SSSR count). The van der Waals surface area contributed by atoms with Gasteiger partial charge in [-0.1, -0.05) is 34.9 Å². The van der Waals surface area contributed by atoms with Gasteiger partial charge in [-0.05, 0) is 45.6 Å². The van der Waals surface area contributed by atoms with E-state index in [2.05, 4.69) is 65.0 Å². The van der Waals surface area contributed by atoms with Crippen molar-refractivity contribution >= 4 is 6.01 Å². The van der Waals surface area contributed by atoms with Crippen molar-refractivity contribution in [1.29, 1.82) is 0 Å². The van der Waals surface area contributed by atoms with Gasteiger partial charge in [0.2, 0.25) is 5.89 Å². The summed E-state index contributed by atoms with van der Waals surface area (Å²) in [5.74, 6) is 0.705. The topological polar surface area (TPSA) is 45.4 Å². The molecule has 2 heterocycles. The zero-order valence-corrected chi connectivity index (χ0v) is 15.0. The highest BCUT2D eigenvalue weighted by Gasteiger charge is 2.19. The maximum atomic E-state index is 5.92. The predicted octanol–water partition coefficient (Wildman–Crippen LogP) is 3.78. The molecule has 5 nitrogen and oxygen atoms in total. The van der Waals surface area contributed by atoms with Gasteiger partial charge in [-0.25, -0.2) is 0 Å². The number of benzene rings is 1. The van der Waals surface area contributed by atoms with Crippen LogP contribution in [0.25, 0.3) is 0 Å². The van der Waals surface area contributed by atoms with E-state index < -0.39 is 0 Å². The van der Waals surface area contributed by atoms with Crippen LogP contribution in [0.4, 0.5) is 6.01 Å². The minimum absolute atomic E-state index is 0.414. The third-order valence-corrected chi connectivity index (χ3v) is 4.66. The van der Waals surface area contributed by atoms with E-state index in [9.17, 15) is 0 Å². The fourth-order valence-corrected chi connectivity index (χ4v) is 3.04. The smallest absolute Gasteiger partial charge is 0.318 e. The molecule has 0 aliphatic carbocycles. The van der Waals surface area contributed by atoms with Gasteiger partial charge in [0.1, 0.15) is 0 Å². The summed E-state index contributed by atoms with van der Waals surface area (Å²) >= 11 is 0. The highest BCUT2D eigenvalue weighted by Crippen LogP contribution is 2.20. The van der Waals surface area contributed by atoms with Gasteiger partial charge < -0.3 is 9.32 Å². The number of hydrogen-bond donors (Lipinski definition) is 0. The zero-order chi connectivity index (χ0) is 16.9. The summed E-state index contributed by atoms with van der Waals surface area (Å²) < 4.78 is 5.92. The van der Waals surface area contributed by atoms with E-state index >= 15 is 0 Å². The van der Waals surface area contributed by atoms with Gasteiger partial charge in [0, 0.05) is 25.7 Å². The number of nitrogens with zero attached hydrogens (tertiary/aromatic N) is 4. The first kappa shape index (κ1) is 17.0. The summed E-state index contributed by atoms with van der Waals surface area (Å²) in [4.78, 5) is 4.57. The maximum absolute atomic E-state index is 5.92. The Kier molecular flexibility index (Phi) is 5.51. The van der Waals surface area contributed by atoms with E-state index in [0.29, 0.717) is 24.5 Å². The van der Waals surface area contributed by atoms with E-state index in [-0.39, 0.29) is 0 Å². The summed E-state index contributed by atoms with van der Waals surface area (Å²) in [6.45, 7) is 10.2. The lowest BCUT2D eigenvalue weighted by Gasteiger charge is -2.25. The first-order valence-corrected chi connectivity index (χ1v) is 8.99. The molecular weight excluding hydrogens is 300 g/mol. The second-order valence-corrected chi connectivity index (χ2v) is 7.01. The van der Waals surface area contributed by atoms with Gasteiger partial charge in [0.25, 0.3) is 0 Å². The van der Waals surface area contributed by atoms with Crippen LogP contribution >= 0.6 is 0 Å². The summed E-state index contributed by atoms with van der Waals surface area (Å²) in [6.07, 6.45) is 3.72. The quantitative estimate of drug-likeness (QED) is 0.807. The Morgan fingerprint density at radius 3 is 2.42 bits per heavy atom. The van der Waals surface area contributed by atoms with E-state index in [1.807, 2.05) is 0 Å². The molecule has 1 aliphatic heterocycles. The fourth-order valence-electron chi connectivity index (χ4n) is 3.04. The Labute approximate surface area is 144 Å². The van der Waals surface area contributed by atoms with Crippen LogP contribution in [0.5, 0.6) is 0 Å². The number of aryl methyl sites for hydroxylation is 1. The van der Waals surface area contributed by atoms with Gasteiger partial charge in [-0.3, -0.25) is 4.90 Å². The van der Waals surface area contributed by atoms with Crippen LogP contribution in [0.2, 0.25) is 0 Å². The van der Waals surface area contributed by atoms with E-state index in [1.165, 1.54) is 30.4 Å². The van der Waals surface area contributed by atoms with Gasteiger partial charge >= 0.3 is 6.01 Å².